The van der Waals surface area contributed by atoms with Crippen LogP contribution in [0.3, 0.4) is 0 Å². The lowest BCUT2D eigenvalue weighted by atomic mass is 10.1. The summed E-state index contributed by atoms with van der Waals surface area (Å²) in [6.45, 7) is 5.08. The van der Waals surface area contributed by atoms with Gasteiger partial charge < -0.3 is 10.3 Å². The normalized spacial score (nSPS) is 12.6. The number of hydrogen-bond donors (Lipinski definition) is 1. The summed E-state index contributed by atoms with van der Waals surface area (Å²) in [7, 11) is 0. The fraction of sp³-hybridized carbons (Fsp3) is 0.400. The summed E-state index contributed by atoms with van der Waals surface area (Å²) in [6.07, 6.45) is 5.70. The third kappa shape index (κ3) is 3.20. The van der Waals surface area contributed by atoms with Crippen LogP contribution in [0.25, 0.3) is 0 Å². The van der Waals surface area contributed by atoms with E-state index in [1.807, 2.05) is 12.4 Å². The Labute approximate surface area is 109 Å². The molecule has 0 aliphatic carbocycles. The number of aromatic nitrogens is 2. The first-order chi connectivity index (χ1) is 8.69. The maximum atomic E-state index is 5.99. The van der Waals surface area contributed by atoms with Crippen LogP contribution in [0.2, 0.25) is 0 Å². The van der Waals surface area contributed by atoms with Gasteiger partial charge in [0.1, 0.15) is 5.82 Å². The van der Waals surface area contributed by atoms with Gasteiger partial charge in [-0.2, -0.15) is 0 Å². The van der Waals surface area contributed by atoms with E-state index in [1.165, 1.54) is 11.1 Å². The van der Waals surface area contributed by atoms with Crippen molar-refractivity contribution in [2.24, 2.45) is 5.73 Å². The van der Waals surface area contributed by atoms with E-state index in [2.05, 4.69) is 47.7 Å². The molecule has 0 saturated heterocycles. The van der Waals surface area contributed by atoms with Gasteiger partial charge in [0.2, 0.25) is 0 Å². The summed E-state index contributed by atoms with van der Waals surface area (Å²) in [5.41, 5.74) is 8.58. The molecule has 1 atom stereocenters. The van der Waals surface area contributed by atoms with Gasteiger partial charge in [-0.15, -0.1) is 0 Å². The largest absolute Gasteiger partial charge is 0.330 e. The molecule has 18 heavy (non-hydrogen) atoms. The number of rotatable bonds is 5. The zero-order chi connectivity index (χ0) is 13.0. The van der Waals surface area contributed by atoms with E-state index in [0.717, 1.165) is 25.2 Å². The highest BCUT2D eigenvalue weighted by Gasteiger charge is 2.07. The van der Waals surface area contributed by atoms with Crippen LogP contribution >= 0.6 is 0 Å². The predicted molar refractivity (Wildman–Crippen MR) is 74.5 cm³/mol. The lowest BCUT2D eigenvalue weighted by molar-refractivity contribution is 0.597. The molecule has 0 aliphatic heterocycles. The van der Waals surface area contributed by atoms with E-state index in [-0.39, 0.29) is 6.04 Å². The summed E-state index contributed by atoms with van der Waals surface area (Å²) in [4.78, 5) is 4.40. The quantitative estimate of drug-likeness (QED) is 0.877. The maximum Gasteiger partial charge on any atom is 0.110 e. The van der Waals surface area contributed by atoms with Crippen molar-refractivity contribution < 1.29 is 0 Å². The van der Waals surface area contributed by atoms with Crippen molar-refractivity contribution in [3.05, 3.63) is 53.6 Å². The fourth-order valence-electron chi connectivity index (χ4n) is 1.94. The number of hydrogen-bond acceptors (Lipinski definition) is 2. The lowest BCUT2D eigenvalue weighted by Crippen LogP contribution is -2.23. The molecule has 0 saturated carbocycles. The van der Waals surface area contributed by atoms with Crippen LogP contribution in [-0.2, 0) is 13.0 Å². The average Bonchev–Trinajstić information content (AvgIpc) is 2.79. The number of benzene rings is 1. The van der Waals surface area contributed by atoms with Gasteiger partial charge in [-0.1, -0.05) is 36.8 Å². The first-order valence-electron chi connectivity index (χ1n) is 6.50. The molecule has 1 heterocycles. The molecule has 0 bridgehead atoms. The third-order valence-electron chi connectivity index (χ3n) is 3.24. The van der Waals surface area contributed by atoms with Crippen molar-refractivity contribution in [2.45, 2.75) is 39.3 Å². The van der Waals surface area contributed by atoms with Crippen molar-refractivity contribution >= 4 is 0 Å². The zero-order valence-corrected chi connectivity index (χ0v) is 11.1. The second-order valence-electron chi connectivity index (χ2n) is 4.83. The number of nitrogens with two attached hydrogens (primary N) is 1. The minimum absolute atomic E-state index is 0.198. The van der Waals surface area contributed by atoms with Gasteiger partial charge >= 0.3 is 0 Å². The Bertz CT molecular complexity index is 485. The van der Waals surface area contributed by atoms with Crippen molar-refractivity contribution in [3.8, 4) is 0 Å². The van der Waals surface area contributed by atoms with Crippen molar-refractivity contribution in [1.82, 2.24) is 9.55 Å². The van der Waals surface area contributed by atoms with Crippen molar-refractivity contribution in [1.29, 1.82) is 0 Å². The van der Waals surface area contributed by atoms with Gasteiger partial charge in [0.25, 0.3) is 0 Å². The van der Waals surface area contributed by atoms with Crippen LogP contribution in [0.1, 0.15) is 30.3 Å². The molecule has 3 nitrogen and oxygen atoms in total. The van der Waals surface area contributed by atoms with E-state index >= 15 is 0 Å². The number of nitrogens with zero attached hydrogens (tertiary/aromatic N) is 2. The minimum Gasteiger partial charge on any atom is -0.330 e. The van der Waals surface area contributed by atoms with Gasteiger partial charge in [-0.3, -0.25) is 0 Å². The SMILES string of the molecule is CCC(N)Cc1nccn1Cc1ccc(C)cc1. The molecule has 3 heteroatoms. The summed E-state index contributed by atoms with van der Waals surface area (Å²) >= 11 is 0. The zero-order valence-electron chi connectivity index (χ0n) is 11.1. The van der Waals surface area contributed by atoms with E-state index in [9.17, 15) is 0 Å². The van der Waals surface area contributed by atoms with Gasteiger partial charge in [-0.25, -0.2) is 4.98 Å². The topological polar surface area (TPSA) is 43.8 Å². The monoisotopic (exact) mass is 243 g/mol. The molecule has 0 radical (unpaired) electrons. The third-order valence-corrected chi connectivity index (χ3v) is 3.24. The molecule has 0 spiro atoms. The molecule has 1 aromatic heterocycles. The summed E-state index contributed by atoms with van der Waals surface area (Å²) in [5, 5.41) is 0. The Morgan fingerprint density at radius 3 is 2.67 bits per heavy atom. The van der Waals surface area contributed by atoms with E-state index in [4.69, 9.17) is 5.73 Å². The van der Waals surface area contributed by atoms with Gasteiger partial charge in [0.15, 0.2) is 0 Å². The molecule has 0 amide bonds. The highest BCUT2D eigenvalue weighted by atomic mass is 15.1. The standard InChI is InChI=1S/C15H21N3/c1-3-14(16)10-15-17-8-9-18(15)11-13-6-4-12(2)5-7-13/h4-9,14H,3,10-11,16H2,1-2H3. The Hall–Kier alpha value is -1.61. The smallest absolute Gasteiger partial charge is 0.110 e. The fourth-order valence-corrected chi connectivity index (χ4v) is 1.94. The molecule has 2 rings (SSSR count). The molecule has 2 N–H and O–H groups in total. The Morgan fingerprint density at radius 1 is 1.28 bits per heavy atom. The van der Waals surface area contributed by atoms with Crippen LogP contribution in [0.5, 0.6) is 0 Å². The maximum absolute atomic E-state index is 5.99. The summed E-state index contributed by atoms with van der Waals surface area (Å²) < 4.78 is 2.18. The van der Waals surface area contributed by atoms with Crippen molar-refractivity contribution in [3.63, 3.8) is 0 Å². The predicted octanol–water partition coefficient (Wildman–Crippen LogP) is 2.52. The summed E-state index contributed by atoms with van der Waals surface area (Å²) in [6, 6.07) is 8.81. The van der Waals surface area contributed by atoms with Crippen LogP contribution in [0, 0.1) is 6.92 Å². The molecule has 2 aromatic rings. The van der Waals surface area contributed by atoms with Crippen LogP contribution in [0.4, 0.5) is 0 Å². The number of imidazole rings is 1. The van der Waals surface area contributed by atoms with Crippen LogP contribution in [-0.4, -0.2) is 15.6 Å². The van der Waals surface area contributed by atoms with Crippen molar-refractivity contribution in [2.75, 3.05) is 0 Å². The second kappa shape index (κ2) is 5.83. The van der Waals surface area contributed by atoms with Gasteiger partial charge in [-0.05, 0) is 18.9 Å². The first kappa shape index (κ1) is 12.8. The highest BCUT2D eigenvalue weighted by molar-refractivity contribution is 5.21. The first-order valence-corrected chi connectivity index (χ1v) is 6.50. The molecular weight excluding hydrogens is 222 g/mol. The van der Waals surface area contributed by atoms with E-state index < -0.39 is 0 Å². The number of aryl methyl sites for hydroxylation is 1. The van der Waals surface area contributed by atoms with Crippen LogP contribution < -0.4 is 5.73 Å². The van der Waals surface area contributed by atoms with Gasteiger partial charge in [0, 0.05) is 31.4 Å². The second-order valence-corrected chi connectivity index (χ2v) is 4.83. The Morgan fingerprint density at radius 2 is 2.00 bits per heavy atom. The Balaban J connectivity index is 2.09. The molecule has 0 fully saturated rings. The average molecular weight is 243 g/mol. The molecular formula is C15H21N3. The molecule has 96 valence electrons. The molecule has 1 unspecified atom stereocenters. The Kier molecular flexibility index (Phi) is 4.15. The van der Waals surface area contributed by atoms with E-state index in [1.54, 1.807) is 0 Å². The highest BCUT2D eigenvalue weighted by Crippen LogP contribution is 2.09. The minimum atomic E-state index is 0.198. The molecule has 0 aliphatic rings. The van der Waals surface area contributed by atoms with Gasteiger partial charge in [0.05, 0.1) is 0 Å². The van der Waals surface area contributed by atoms with Crippen LogP contribution in [0.15, 0.2) is 36.7 Å². The lowest BCUT2D eigenvalue weighted by Gasteiger charge is -2.11. The molecule has 1 aromatic carbocycles. The summed E-state index contributed by atoms with van der Waals surface area (Å²) in [5.74, 6) is 1.07. The van der Waals surface area contributed by atoms with E-state index in [0.29, 0.717) is 0 Å².